The van der Waals surface area contributed by atoms with Crippen molar-refractivity contribution in [3.8, 4) is 6.07 Å². The van der Waals surface area contributed by atoms with Crippen LogP contribution < -0.4 is 5.73 Å². The van der Waals surface area contributed by atoms with E-state index in [0.717, 1.165) is 19.6 Å². The van der Waals surface area contributed by atoms with Gasteiger partial charge < -0.3 is 5.73 Å². The number of nitriles is 1. The average Bonchev–Trinajstić information content (AvgIpc) is 3.03. The summed E-state index contributed by atoms with van der Waals surface area (Å²) in [5, 5.41) is 12.7. The van der Waals surface area contributed by atoms with E-state index < -0.39 is 0 Å². The van der Waals surface area contributed by atoms with E-state index in [4.69, 9.17) is 11.0 Å². The summed E-state index contributed by atoms with van der Waals surface area (Å²) in [6.45, 7) is 2.67. The molecule has 16 heavy (non-hydrogen) atoms. The predicted molar refractivity (Wildman–Crippen MR) is 61.5 cm³/mol. The van der Waals surface area contributed by atoms with Gasteiger partial charge in [0.05, 0.1) is 12.6 Å². The van der Waals surface area contributed by atoms with Crippen molar-refractivity contribution in [2.24, 2.45) is 0 Å². The van der Waals surface area contributed by atoms with E-state index in [1.54, 1.807) is 6.07 Å². The first-order valence-electron chi connectivity index (χ1n) is 5.69. The Morgan fingerprint density at radius 2 is 2.38 bits per heavy atom. The fraction of sp³-hybridized carbons (Fsp3) is 0.636. The minimum atomic E-state index is 0.565. The van der Waals surface area contributed by atoms with Gasteiger partial charge in [0.1, 0.15) is 5.82 Å². The van der Waals surface area contributed by atoms with Crippen molar-refractivity contribution in [3.63, 3.8) is 0 Å². The molecular weight excluding hydrogens is 202 g/mol. The van der Waals surface area contributed by atoms with E-state index >= 15 is 0 Å². The summed E-state index contributed by atoms with van der Waals surface area (Å²) in [6.07, 6.45) is 5.04. The number of nitrogens with zero attached hydrogens (tertiary/aromatic N) is 4. The molecule has 0 unspecified atom stereocenters. The van der Waals surface area contributed by atoms with Gasteiger partial charge in [0.15, 0.2) is 0 Å². The number of rotatable bonds is 6. The molecule has 1 aliphatic carbocycles. The summed E-state index contributed by atoms with van der Waals surface area (Å²) >= 11 is 0. The molecule has 0 bridgehead atoms. The minimum Gasteiger partial charge on any atom is -0.382 e. The van der Waals surface area contributed by atoms with Gasteiger partial charge in [-0.05, 0) is 18.9 Å². The maximum Gasteiger partial charge on any atom is 0.145 e. The topological polar surface area (TPSA) is 70.9 Å². The number of hydrogen-bond acceptors (Lipinski definition) is 4. The summed E-state index contributed by atoms with van der Waals surface area (Å²) in [6, 6.07) is 4.70. The zero-order valence-corrected chi connectivity index (χ0v) is 9.34. The molecule has 0 aromatic carbocycles. The highest BCUT2D eigenvalue weighted by Crippen LogP contribution is 2.26. The van der Waals surface area contributed by atoms with Gasteiger partial charge in [0.25, 0.3) is 0 Å². The molecule has 0 atom stereocenters. The number of hydrogen-bond donors (Lipinski definition) is 1. The number of aromatic nitrogens is 2. The van der Waals surface area contributed by atoms with Crippen LogP contribution >= 0.6 is 0 Å². The molecule has 5 heteroatoms. The van der Waals surface area contributed by atoms with Gasteiger partial charge in [-0.3, -0.25) is 9.58 Å². The van der Waals surface area contributed by atoms with Crippen LogP contribution in [0.2, 0.25) is 0 Å². The van der Waals surface area contributed by atoms with Gasteiger partial charge in [0, 0.05) is 31.7 Å². The quantitative estimate of drug-likeness (QED) is 0.769. The second-order valence-corrected chi connectivity index (χ2v) is 4.18. The number of anilines is 1. The molecule has 2 N–H and O–H groups in total. The lowest BCUT2D eigenvalue weighted by Gasteiger charge is -2.20. The fourth-order valence-electron chi connectivity index (χ4n) is 1.84. The Morgan fingerprint density at radius 3 is 2.94 bits per heavy atom. The molecule has 0 amide bonds. The van der Waals surface area contributed by atoms with E-state index in [-0.39, 0.29) is 0 Å². The van der Waals surface area contributed by atoms with Gasteiger partial charge in [-0.15, -0.1) is 0 Å². The third-order valence-corrected chi connectivity index (χ3v) is 2.85. The van der Waals surface area contributed by atoms with Crippen LogP contribution in [-0.2, 0) is 6.54 Å². The van der Waals surface area contributed by atoms with Crippen LogP contribution in [-0.4, -0.2) is 33.8 Å². The maximum atomic E-state index is 8.60. The smallest absolute Gasteiger partial charge is 0.145 e. The predicted octanol–water partition coefficient (Wildman–Crippen LogP) is 0.843. The SMILES string of the molecule is N#CCCN(CCn1ccc(N)n1)C1CC1. The zero-order valence-electron chi connectivity index (χ0n) is 9.34. The highest BCUT2D eigenvalue weighted by atomic mass is 15.3. The van der Waals surface area contributed by atoms with Crippen LogP contribution in [0.25, 0.3) is 0 Å². The average molecular weight is 219 g/mol. The first kappa shape index (κ1) is 11.0. The Balaban J connectivity index is 1.79. The number of nitrogen functional groups attached to an aromatic ring is 1. The molecule has 0 spiro atoms. The third-order valence-electron chi connectivity index (χ3n) is 2.85. The molecule has 1 heterocycles. The lowest BCUT2D eigenvalue weighted by atomic mass is 10.3. The lowest BCUT2D eigenvalue weighted by molar-refractivity contribution is 0.254. The zero-order chi connectivity index (χ0) is 11.4. The van der Waals surface area contributed by atoms with Crippen molar-refractivity contribution >= 4 is 5.82 Å². The molecular formula is C11H17N5. The summed E-state index contributed by atoms with van der Waals surface area (Å²) in [5.41, 5.74) is 5.55. The van der Waals surface area contributed by atoms with E-state index in [9.17, 15) is 0 Å². The minimum absolute atomic E-state index is 0.565. The molecule has 1 aromatic heterocycles. The van der Waals surface area contributed by atoms with E-state index in [0.29, 0.717) is 18.3 Å². The first-order chi connectivity index (χ1) is 7.79. The molecule has 86 valence electrons. The van der Waals surface area contributed by atoms with Crippen molar-refractivity contribution < 1.29 is 0 Å². The highest BCUT2D eigenvalue weighted by Gasteiger charge is 2.28. The van der Waals surface area contributed by atoms with E-state index in [1.165, 1.54) is 12.8 Å². The Kier molecular flexibility index (Phi) is 3.42. The summed E-state index contributed by atoms with van der Waals surface area (Å²) < 4.78 is 1.86. The molecule has 1 saturated carbocycles. The Bertz CT molecular complexity index is 374. The number of nitrogens with two attached hydrogens (primary N) is 1. The van der Waals surface area contributed by atoms with Crippen molar-refractivity contribution in [1.82, 2.24) is 14.7 Å². The standard InChI is InChI=1S/C11H17N5/c12-5-1-6-15(10-2-3-10)8-9-16-7-4-11(13)14-16/h4,7,10H,1-3,6,8-9H2,(H2,13,14). The normalized spacial score (nSPS) is 15.2. The van der Waals surface area contributed by atoms with Crippen molar-refractivity contribution in [3.05, 3.63) is 12.3 Å². The van der Waals surface area contributed by atoms with Crippen LogP contribution in [0, 0.1) is 11.3 Å². The van der Waals surface area contributed by atoms with Gasteiger partial charge in [0.2, 0.25) is 0 Å². The van der Waals surface area contributed by atoms with Crippen LogP contribution in [0.1, 0.15) is 19.3 Å². The van der Waals surface area contributed by atoms with Crippen molar-refractivity contribution in [1.29, 1.82) is 5.26 Å². The second kappa shape index (κ2) is 4.99. The first-order valence-corrected chi connectivity index (χ1v) is 5.69. The van der Waals surface area contributed by atoms with Crippen molar-refractivity contribution in [2.45, 2.75) is 31.8 Å². The van der Waals surface area contributed by atoms with Gasteiger partial charge >= 0.3 is 0 Å². The summed E-state index contributed by atoms with van der Waals surface area (Å²) in [7, 11) is 0. The monoisotopic (exact) mass is 219 g/mol. The molecule has 0 aliphatic heterocycles. The van der Waals surface area contributed by atoms with Gasteiger partial charge in [-0.25, -0.2) is 0 Å². The van der Waals surface area contributed by atoms with Crippen LogP contribution in [0.15, 0.2) is 12.3 Å². The molecule has 1 aromatic rings. The molecule has 0 radical (unpaired) electrons. The lowest BCUT2D eigenvalue weighted by Crippen LogP contribution is -2.30. The molecule has 5 nitrogen and oxygen atoms in total. The molecule has 2 rings (SSSR count). The van der Waals surface area contributed by atoms with Crippen LogP contribution in [0.4, 0.5) is 5.82 Å². The van der Waals surface area contributed by atoms with Gasteiger partial charge in [-0.2, -0.15) is 10.4 Å². The van der Waals surface area contributed by atoms with Gasteiger partial charge in [-0.1, -0.05) is 0 Å². The summed E-state index contributed by atoms with van der Waals surface area (Å²) in [5.74, 6) is 0.565. The molecule has 1 fully saturated rings. The fourth-order valence-corrected chi connectivity index (χ4v) is 1.84. The largest absolute Gasteiger partial charge is 0.382 e. The molecule has 0 saturated heterocycles. The van der Waals surface area contributed by atoms with E-state index in [1.807, 2.05) is 10.9 Å². The summed E-state index contributed by atoms with van der Waals surface area (Å²) in [4.78, 5) is 2.38. The Labute approximate surface area is 95.4 Å². The van der Waals surface area contributed by atoms with Crippen LogP contribution in [0.3, 0.4) is 0 Å². The highest BCUT2D eigenvalue weighted by molar-refractivity contribution is 5.23. The van der Waals surface area contributed by atoms with Crippen LogP contribution in [0.5, 0.6) is 0 Å². The van der Waals surface area contributed by atoms with E-state index in [2.05, 4.69) is 16.1 Å². The second-order valence-electron chi connectivity index (χ2n) is 4.18. The maximum absolute atomic E-state index is 8.60. The van der Waals surface area contributed by atoms with Crippen molar-refractivity contribution in [2.75, 3.05) is 18.8 Å². The Morgan fingerprint density at radius 1 is 1.56 bits per heavy atom. The molecule has 1 aliphatic rings. The third kappa shape index (κ3) is 2.97. The Hall–Kier alpha value is -1.54.